The van der Waals surface area contributed by atoms with Crippen molar-refractivity contribution in [1.29, 1.82) is 0 Å². The Balaban J connectivity index is 1.53. The van der Waals surface area contributed by atoms with Crippen molar-refractivity contribution < 1.29 is 4.79 Å². The minimum Gasteiger partial charge on any atom is -0.399 e. The maximum atomic E-state index is 12.2. The van der Waals surface area contributed by atoms with E-state index in [1.54, 1.807) is 12.1 Å². The van der Waals surface area contributed by atoms with Crippen molar-refractivity contribution in [2.75, 3.05) is 24.6 Å². The molecule has 2 aliphatic rings. The predicted octanol–water partition coefficient (Wildman–Crippen LogP) is 3.17. The molecule has 4 nitrogen and oxygen atoms in total. The van der Waals surface area contributed by atoms with Crippen LogP contribution in [0.5, 0.6) is 0 Å². The van der Waals surface area contributed by atoms with Crippen molar-refractivity contribution in [3.63, 3.8) is 0 Å². The zero-order chi connectivity index (χ0) is 14.1. The number of carbonyl (C=O) groups is 1. The number of nitrogen functional groups attached to an aromatic ring is 1. The van der Waals surface area contributed by atoms with E-state index in [-0.39, 0.29) is 6.03 Å². The van der Waals surface area contributed by atoms with Gasteiger partial charge in [-0.1, -0.05) is 6.42 Å². The van der Waals surface area contributed by atoms with Crippen LogP contribution >= 0.6 is 0 Å². The first-order valence-corrected chi connectivity index (χ1v) is 7.49. The Hall–Kier alpha value is -1.71. The second-order valence-corrected chi connectivity index (χ2v) is 6.37. The van der Waals surface area contributed by atoms with Gasteiger partial charge in [0, 0.05) is 25.0 Å². The van der Waals surface area contributed by atoms with Gasteiger partial charge in [0.15, 0.2) is 0 Å². The van der Waals surface area contributed by atoms with Crippen LogP contribution in [0.25, 0.3) is 0 Å². The molecule has 108 valence electrons. The van der Waals surface area contributed by atoms with Crippen molar-refractivity contribution in [2.24, 2.45) is 17.8 Å². The van der Waals surface area contributed by atoms with Crippen molar-refractivity contribution in [2.45, 2.75) is 25.7 Å². The Morgan fingerprint density at radius 2 is 2.05 bits per heavy atom. The monoisotopic (exact) mass is 273 g/mol. The first-order chi connectivity index (χ1) is 9.61. The molecule has 2 saturated carbocycles. The average Bonchev–Trinajstić information content (AvgIpc) is 3.03. The van der Waals surface area contributed by atoms with E-state index in [1.807, 2.05) is 24.1 Å². The Morgan fingerprint density at radius 1 is 1.30 bits per heavy atom. The van der Waals surface area contributed by atoms with Gasteiger partial charge in [-0.3, -0.25) is 0 Å². The molecule has 4 heteroatoms. The highest BCUT2D eigenvalue weighted by molar-refractivity contribution is 5.89. The zero-order valence-electron chi connectivity index (χ0n) is 12.0. The maximum absolute atomic E-state index is 12.2. The summed E-state index contributed by atoms with van der Waals surface area (Å²) in [5.74, 6) is 2.49. The quantitative estimate of drug-likeness (QED) is 0.831. The van der Waals surface area contributed by atoms with E-state index in [2.05, 4.69) is 5.32 Å². The SMILES string of the molecule is CN(CC1CC2CCC1C2)C(=O)Nc1ccc(N)cc1. The number of hydrogen-bond donors (Lipinski definition) is 2. The van der Waals surface area contributed by atoms with Gasteiger partial charge in [0.25, 0.3) is 0 Å². The summed E-state index contributed by atoms with van der Waals surface area (Å²) in [4.78, 5) is 14.0. The third kappa shape index (κ3) is 2.74. The molecular weight excluding hydrogens is 250 g/mol. The molecule has 3 atom stereocenters. The molecule has 3 rings (SSSR count). The van der Waals surface area contributed by atoms with Gasteiger partial charge in [0.05, 0.1) is 0 Å². The fraction of sp³-hybridized carbons (Fsp3) is 0.562. The van der Waals surface area contributed by atoms with Crippen LogP contribution in [0.1, 0.15) is 25.7 Å². The van der Waals surface area contributed by atoms with Gasteiger partial charge in [-0.2, -0.15) is 0 Å². The van der Waals surface area contributed by atoms with Crippen LogP contribution in [0.15, 0.2) is 24.3 Å². The highest BCUT2D eigenvalue weighted by Gasteiger charge is 2.40. The minimum atomic E-state index is -0.0301. The smallest absolute Gasteiger partial charge is 0.321 e. The van der Waals surface area contributed by atoms with Crippen LogP contribution < -0.4 is 11.1 Å². The molecule has 2 fully saturated rings. The summed E-state index contributed by atoms with van der Waals surface area (Å²) in [5, 5.41) is 2.92. The summed E-state index contributed by atoms with van der Waals surface area (Å²) in [5.41, 5.74) is 7.14. The molecule has 2 aliphatic carbocycles. The number of rotatable bonds is 3. The number of hydrogen-bond acceptors (Lipinski definition) is 2. The predicted molar refractivity (Wildman–Crippen MR) is 81.4 cm³/mol. The highest BCUT2D eigenvalue weighted by atomic mass is 16.2. The summed E-state index contributed by atoms with van der Waals surface area (Å²) in [6.45, 7) is 0.877. The number of nitrogens with two attached hydrogens (primary N) is 1. The molecule has 20 heavy (non-hydrogen) atoms. The average molecular weight is 273 g/mol. The van der Waals surface area contributed by atoms with E-state index in [9.17, 15) is 4.79 Å². The van der Waals surface area contributed by atoms with Crippen molar-refractivity contribution >= 4 is 17.4 Å². The Kier molecular flexibility index (Phi) is 3.55. The maximum Gasteiger partial charge on any atom is 0.321 e. The van der Waals surface area contributed by atoms with Gasteiger partial charge in [-0.25, -0.2) is 4.79 Å². The number of fused-ring (bicyclic) bond motifs is 2. The largest absolute Gasteiger partial charge is 0.399 e. The van der Waals surface area contributed by atoms with Crippen LogP contribution in [0.4, 0.5) is 16.2 Å². The zero-order valence-corrected chi connectivity index (χ0v) is 12.0. The second kappa shape index (κ2) is 5.35. The van der Waals surface area contributed by atoms with Gasteiger partial charge in [-0.05, 0) is 61.3 Å². The fourth-order valence-electron chi connectivity index (χ4n) is 3.82. The topological polar surface area (TPSA) is 58.4 Å². The summed E-state index contributed by atoms with van der Waals surface area (Å²) < 4.78 is 0. The Labute approximate surface area is 120 Å². The van der Waals surface area contributed by atoms with Crippen molar-refractivity contribution in [1.82, 2.24) is 4.90 Å². The normalized spacial score (nSPS) is 27.6. The standard InChI is InChI=1S/C16H23N3O/c1-19(10-13-9-11-2-3-12(13)8-11)16(20)18-15-6-4-14(17)5-7-15/h4-7,11-13H,2-3,8-10,17H2,1H3,(H,18,20). The highest BCUT2D eigenvalue weighted by Crippen LogP contribution is 2.48. The molecule has 0 heterocycles. The first-order valence-electron chi connectivity index (χ1n) is 7.49. The molecule has 0 aromatic heterocycles. The van der Waals surface area contributed by atoms with E-state index in [1.165, 1.54) is 25.7 Å². The van der Waals surface area contributed by atoms with Crippen molar-refractivity contribution in [3.05, 3.63) is 24.3 Å². The Bertz CT molecular complexity index is 485. The third-order valence-corrected chi connectivity index (χ3v) is 4.90. The molecular formula is C16H23N3O. The summed E-state index contributed by atoms with van der Waals surface area (Å²) in [7, 11) is 1.89. The van der Waals surface area contributed by atoms with Crippen LogP contribution in [-0.2, 0) is 0 Å². The summed E-state index contributed by atoms with van der Waals surface area (Å²) in [6, 6.07) is 7.23. The molecule has 2 bridgehead atoms. The molecule has 2 amide bonds. The van der Waals surface area contributed by atoms with E-state index in [0.717, 1.165) is 24.1 Å². The molecule has 1 aromatic carbocycles. The summed E-state index contributed by atoms with van der Waals surface area (Å²) >= 11 is 0. The lowest BCUT2D eigenvalue weighted by atomic mass is 9.88. The molecule has 3 N–H and O–H groups in total. The van der Waals surface area contributed by atoms with Crippen molar-refractivity contribution in [3.8, 4) is 0 Å². The number of amides is 2. The molecule has 0 spiro atoms. The number of benzene rings is 1. The van der Waals surface area contributed by atoms with E-state index in [4.69, 9.17) is 5.73 Å². The number of nitrogens with zero attached hydrogens (tertiary/aromatic N) is 1. The minimum absolute atomic E-state index is 0.0301. The molecule has 0 saturated heterocycles. The van der Waals surface area contributed by atoms with Gasteiger partial charge < -0.3 is 16.0 Å². The lowest BCUT2D eigenvalue weighted by molar-refractivity contribution is 0.200. The molecule has 0 aliphatic heterocycles. The van der Waals surface area contributed by atoms with E-state index < -0.39 is 0 Å². The van der Waals surface area contributed by atoms with Gasteiger partial charge in [0.2, 0.25) is 0 Å². The number of carbonyl (C=O) groups excluding carboxylic acids is 1. The van der Waals surface area contributed by atoms with Gasteiger partial charge >= 0.3 is 6.03 Å². The lowest BCUT2D eigenvalue weighted by Crippen LogP contribution is -2.36. The lowest BCUT2D eigenvalue weighted by Gasteiger charge is -2.27. The summed E-state index contributed by atoms with van der Waals surface area (Å²) in [6.07, 6.45) is 5.47. The fourth-order valence-corrected chi connectivity index (χ4v) is 3.82. The first kappa shape index (κ1) is 13.3. The third-order valence-electron chi connectivity index (χ3n) is 4.90. The second-order valence-electron chi connectivity index (χ2n) is 6.37. The number of urea groups is 1. The van der Waals surface area contributed by atoms with E-state index in [0.29, 0.717) is 11.6 Å². The van der Waals surface area contributed by atoms with Crippen LogP contribution in [0, 0.1) is 17.8 Å². The van der Waals surface area contributed by atoms with Crippen LogP contribution in [0.3, 0.4) is 0 Å². The van der Waals surface area contributed by atoms with Crippen LogP contribution in [0.2, 0.25) is 0 Å². The van der Waals surface area contributed by atoms with Gasteiger partial charge in [0.1, 0.15) is 0 Å². The number of nitrogens with one attached hydrogen (secondary N) is 1. The Morgan fingerprint density at radius 3 is 2.65 bits per heavy atom. The number of anilines is 2. The molecule has 0 radical (unpaired) electrons. The van der Waals surface area contributed by atoms with E-state index >= 15 is 0 Å². The molecule has 1 aromatic rings. The van der Waals surface area contributed by atoms with Crippen LogP contribution in [-0.4, -0.2) is 24.5 Å². The molecule has 3 unspecified atom stereocenters. The van der Waals surface area contributed by atoms with Gasteiger partial charge in [-0.15, -0.1) is 0 Å².